The maximum atomic E-state index is 3.37. The molecule has 4 aromatic carbocycles. The molecule has 0 aliphatic heterocycles. The van der Waals surface area contributed by atoms with Crippen molar-refractivity contribution in [3.63, 3.8) is 0 Å². The van der Waals surface area contributed by atoms with Gasteiger partial charge in [-0.25, -0.2) is 0 Å². The van der Waals surface area contributed by atoms with Gasteiger partial charge in [0.25, 0.3) is 0 Å². The molecule has 0 spiro atoms. The number of para-hydroxylation sites is 1. The van der Waals surface area contributed by atoms with Crippen molar-refractivity contribution in [1.29, 1.82) is 0 Å². The third-order valence-corrected chi connectivity index (χ3v) is 10.9. The molecule has 0 heterocycles. The number of rotatable bonds is 10. The minimum absolute atomic E-state index is 0.110. The zero-order valence-electron chi connectivity index (χ0n) is 34.9. The van der Waals surface area contributed by atoms with Crippen LogP contribution >= 0.6 is 0 Å². The first-order chi connectivity index (χ1) is 29.0. The van der Waals surface area contributed by atoms with Gasteiger partial charge in [0, 0.05) is 34.1 Å². The lowest BCUT2D eigenvalue weighted by Crippen LogP contribution is -2.24. The zero-order valence-corrected chi connectivity index (χ0v) is 34.9. The second-order valence-corrected chi connectivity index (χ2v) is 15.6. The molecule has 59 heavy (non-hydrogen) atoms. The van der Waals surface area contributed by atoms with Gasteiger partial charge in [0.15, 0.2) is 0 Å². The average molecular weight is 769 g/mol. The summed E-state index contributed by atoms with van der Waals surface area (Å²) in [6.45, 7) is 6.26. The highest BCUT2D eigenvalue weighted by Crippen LogP contribution is 2.36. The van der Waals surface area contributed by atoms with E-state index in [0.717, 1.165) is 66.0 Å². The van der Waals surface area contributed by atoms with Gasteiger partial charge in [-0.2, -0.15) is 0 Å². The van der Waals surface area contributed by atoms with Crippen LogP contribution in [-0.4, -0.2) is 0 Å². The summed E-state index contributed by atoms with van der Waals surface area (Å²) < 4.78 is 0. The van der Waals surface area contributed by atoms with Gasteiger partial charge in [0.1, 0.15) is 0 Å². The Morgan fingerprint density at radius 3 is 1.46 bits per heavy atom. The molecule has 0 saturated heterocycles. The quantitative estimate of drug-likeness (QED) is 0.117. The van der Waals surface area contributed by atoms with E-state index in [9.17, 15) is 0 Å². The molecule has 0 amide bonds. The molecule has 0 fully saturated rings. The third kappa shape index (κ3) is 11.3. The number of benzene rings is 4. The Morgan fingerprint density at radius 1 is 0.492 bits per heavy atom. The van der Waals surface area contributed by atoms with Gasteiger partial charge >= 0.3 is 0 Å². The smallest absolute Gasteiger partial charge is 0.0504 e. The summed E-state index contributed by atoms with van der Waals surface area (Å²) in [5, 5.41) is 0. The second-order valence-electron chi connectivity index (χ2n) is 15.6. The molecule has 0 N–H and O–H groups in total. The molecule has 2 nitrogen and oxygen atoms in total. The maximum Gasteiger partial charge on any atom is 0.0504 e. The van der Waals surface area contributed by atoms with E-state index in [2.05, 4.69) is 236 Å². The summed E-state index contributed by atoms with van der Waals surface area (Å²) in [6, 6.07) is 37.0. The molecule has 4 aromatic rings. The lowest BCUT2D eigenvalue weighted by molar-refractivity contribution is 0.577. The summed E-state index contributed by atoms with van der Waals surface area (Å²) in [4.78, 5) is 4.68. The van der Waals surface area contributed by atoms with Crippen LogP contribution in [0.2, 0.25) is 0 Å². The third-order valence-electron chi connectivity index (χ3n) is 10.9. The molecule has 1 atom stereocenters. The van der Waals surface area contributed by atoms with Crippen LogP contribution in [0.3, 0.4) is 0 Å². The monoisotopic (exact) mass is 768 g/mol. The predicted octanol–water partition coefficient (Wildman–Crippen LogP) is 15.8. The Morgan fingerprint density at radius 2 is 1.00 bits per heavy atom. The topological polar surface area (TPSA) is 6.48 Å². The van der Waals surface area contributed by atoms with E-state index in [1.807, 2.05) is 6.92 Å². The van der Waals surface area contributed by atoms with Crippen LogP contribution in [0.15, 0.2) is 205 Å². The Balaban J connectivity index is 0.000000684. The summed E-state index contributed by atoms with van der Waals surface area (Å²) in [5.74, 6) is 6.47. The van der Waals surface area contributed by atoms with Crippen molar-refractivity contribution in [2.45, 2.75) is 65.7 Å². The molecule has 1 unspecified atom stereocenters. The van der Waals surface area contributed by atoms with Crippen LogP contribution in [0.4, 0.5) is 22.7 Å². The Labute approximate surface area is 353 Å². The largest absolute Gasteiger partial charge is 0.311 e. The number of anilines is 4. The van der Waals surface area contributed by atoms with Crippen molar-refractivity contribution < 1.29 is 0 Å². The minimum atomic E-state index is -0.110. The average Bonchev–Trinajstić information content (AvgIpc) is 3.29. The van der Waals surface area contributed by atoms with Crippen LogP contribution in [0, 0.1) is 17.3 Å². The van der Waals surface area contributed by atoms with E-state index < -0.39 is 0 Å². The normalized spacial score (nSPS) is 18.2. The SMILES string of the molecule is CC#CC1(C)C=CC(N(C2=CCCC=C2)c2ccc(/C=C/c3ccc(N(c4ccccc4)c4ccc(/C=C/C5=CCCC=C5)cc4)cc3)cc2)=CC1.CC1=CCCC=C1. The summed E-state index contributed by atoms with van der Waals surface area (Å²) in [6.07, 6.45) is 43.6. The highest BCUT2D eigenvalue weighted by atomic mass is 15.2. The van der Waals surface area contributed by atoms with Gasteiger partial charge in [-0.1, -0.05) is 151 Å². The molecule has 0 saturated carbocycles. The molecule has 0 bridgehead atoms. The number of allylic oxidation sites excluding steroid dienone is 15. The molecule has 2 heteroatoms. The number of hydrogen-bond acceptors (Lipinski definition) is 2. The van der Waals surface area contributed by atoms with Crippen LogP contribution in [0.5, 0.6) is 0 Å². The second kappa shape index (κ2) is 20.2. The first-order valence-corrected chi connectivity index (χ1v) is 21.2. The Kier molecular flexibility index (Phi) is 13.9. The molecule has 4 aliphatic rings. The van der Waals surface area contributed by atoms with Gasteiger partial charge in [-0.05, 0) is 149 Å². The summed E-state index contributed by atoms with van der Waals surface area (Å²) in [5.41, 5.74) is 13.0. The van der Waals surface area contributed by atoms with Gasteiger partial charge < -0.3 is 9.80 Å². The van der Waals surface area contributed by atoms with Crippen molar-refractivity contribution >= 4 is 41.0 Å². The van der Waals surface area contributed by atoms with E-state index >= 15 is 0 Å². The number of hydrogen-bond donors (Lipinski definition) is 0. The molecule has 8 rings (SSSR count). The van der Waals surface area contributed by atoms with E-state index in [4.69, 9.17) is 0 Å². The van der Waals surface area contributed by atoms with Crippen molar-refractivity contribution in [2.24, 2.45) is 5.41 Å². The van der Waals surface area contributed by atoms with Crippen molar-refractivity contribution in [1.82, 2.24) is 0 Å². The van der Waals surface area contributed by atoms with Crippen LogP contribution in [0.25, 0.3) is 18.2 Å². The van der Waals surface area contributed by atoms with Crippen molar-refractivity contribution in [3.05, 3.63) is 221 Å². The fraction of sp³-hybridized carbons (Fsp3) is 0.193. The summed E-state index contributed by atoms with van der Waals surface area (Å²) >= 11 is 0. The van der Waals surface area contributed by atoms with Crippen molar-refractivity contribution in [3.8, 4) is 11.8 Å². The molecule has 0 aromatic heterocycles. The predicted molar refractivity (Wildman–Crippen MR) is 256 cm³/mol. The van der Waals surface area contributed by atoms with Crippen molar-refractivity contribution in [2.75, 3.05) is 9.80 Å². The zero-order chi connectivity index (χ0) is 40.7. The highest BCUT2D eigenvalue weighted by molar-refractivity contribution is 5.79. The van der Waals surface area contributed by atoms with E-state index in [1.54, 1.807) is 0 Å². The minimum Gasteiger partial charge on any atom is -0.311 e. The standard InChI is InChI=1S/C50H46N2.C7H10/c1-3-37-50(2)38-35-49(36-39-50)52(45-17-11-6-12-18-45)48-33-27-43(28-34-48)22-21-42-25-31-47(32-26-42)51(44-15-9-5-10-16-44)46-29-23-41(24-30-46)20-19-40-13-7-4-8-14-40;1-7-5-3-2-4-6-7/h5,7,9-11,13-36,38H,4,6,8,12,39H2,1-2H3;3,5-6H,2,4H2,1H3/b20-19+,22-21+;. The van der Waals surface area contributed by atoms with Gasteiger partial charge in [-0.3, -0.25) is 0 Å². The van der Waals surface area contributed by atoms with E-state index in [0.29, 0.717) is 0 Å². The fourth-order valence-electron chi connectivity index (χ4n) is 7.59. The molecule has 4 aliphatic carbocycles. The first kappa shape index (κ1) is 40.6. The number of nitrogens with zero attached hydrogens (tertiary/aromatic N) is 2. The van der Waals surface area contributed by atoms with E-state index in [1.165, 1.54) is 40.9 Å². The molecule has 0 radical (unpaired) electrons. The highest BCUT2D eigenvalue weighted by Gasteiger charge is 2.24. The lowest BCUT2D eigenvalue weighted by atomic mass is 9.83. The van der Waals surface area contributed by atoms with E-state index in [-0.39, 0.29) is 5.41 Å². The van der Waals surface area contributed by atoms with Gasteiger partial charge in [0.2, 0.25) is 0 Å². The first-order valence-electron chi connectivity index (χ1n) is 21.2. The van der Waals surface area contributed by atoms with Crippen LogP contribution in [-0.2, 0) is 0 Å². The Bertz CT molecular complexity index is 2410. The van der Waals surface area contributed by atoms with Crippen LogP contribution < -0.4 is 9.80 Å². The molecular formula is C57H56N2. The molecule has 294 valence electrons. The fourth-order valence-corrected chi connectivity index (χ4v) is 7.59. The lowest BCUT2D eigenvalue weighted by Gasteiger charge is -2.32. The summed E-state index contributed by atoms with van der Waals surface area (Å²) in [7, 11) is 0. The Hall–Kier alpha value is -6.56. The van der Waals surface area contributed by atoms with Crippen LogP contribution in [0.1, 0.15) is 82.4 Å². The van der Waals surface area contributed by atoms with Gasteiger partial charge in [-0.15, -0.1) is 5.92 Å². The molecular weight excluding hydrogens is 713 g/mol. The van der Waals surface area contributed by atoms with Gasteiger partial charge in [0.05, 0.1) is 5.41 Å². The maximum absolute atomic E-state index is 3.37.